The molecule has 0 fully saturated rings. The Labute approximate surface area is 147 Å². The van der Waals surface area contributed by atoms with Gasteiger partial charge in [-0.15, -0.1) is 0 Å². The van der Waals surface area contributed by atoms with E-state index in [1.807, 2.05) is 4.31 Å². The quantitative estimate of drug-likeness (QED) is 0.462. The minimum atomic E-state index is -0.293. The second kappa shape index (κ2) is 5.89. The average molecular weight is 355 g/mol. The topological polar surface area (TPSA) is 63.9 Å². The first kappa shape index (κ1) is 15.7. The summed E-state index contributed by atoms with van der Waals surface area (Å²) in [6.07, 6.45) is 0. The van der Waals surface area contributed by atoms with Gasteiger partial charge in [0, 0.05) is 22.1 Å². The van der Waals surface area contributed by atoms with Crippen LogP contribution < -0.4 is 4.31 Å². The van der Waals surface area contributed by atoms with E-state index in [9.17, 15) is 19.7 Å². The molecule has 4 nitrogen and oxygen atoms in total. The predicted octanol–water partition coefficient (Wildman–Crippen LogP) is 4.64. The molecular weight excluding hydrogens is 341 g/mol. The van der Waals surface area contributed by atoms with Crippen LogP contribution in [0.5, 0.6) is 17.2 Å². The molecule has 25 heavy (non-hydrogen) atoms. The van der Waals surface area contributed by atoms with E-state index >= 15 is 0 Å². The van der Waals surface area contributed by atoms with E-state index in [1.54, 1.807) is 30.3 Å². The van der Waals surface area contributed by atoms with E-state index in [-0.39, 0.29) is 23.1 Å². The van der Waals surface area contributed by atoms with Crippen LogP contribution in [0.2, 0.25) is 0 Å². The molecule has 0 unspecified atom stereocenters. The highest BCUT2D eigenvalue weighted by Gasteiger charge is 2.25. The molecule has 0 saturated heterocycles. The second-order valence-corrected chi connectivity index (χ2v) is 6.86. The first-order valence-electron chi connectivity index (χ1n) is 7.60. The Morgan fingerprint density at radius 2 is 1.56 bits per heavy atom. The molecule has 1 heterocycles. The smallest absolute Gasteiger partial charge is 0.158 e. The Bertz CT molecular complexity index is 960. The van der Waals surface area contributed by atoms with Gasteiger partial charge in [-0.1, -0.05) is 12.1 Å². The highest BCUT2D eigenvalue weighted by molar-refractivity contribution is 8.00. The fraction of sp³-hybridized carbons (Fsp3) is 0.0526. The maximum absolute atomic E-state index is 13.1. The molecule has 3 N–H and O–H groups in total. The number of phenols is 3. The van der Waals surface area contributed by atoms with Crippen LogP contribution in [0.3, 0.4) is 0 Å². The van der Waals surface area contributed by atoms with E-state index in [0.29, 0.717) is 6.54 Å². The highest BCUT2D eigenvalue weighted by Crippen LogP contribution is 2.50. The van der Waals surface area contributed by atoms with Gasteiger partial charge in [0.15, 0.2) is 11.5 Å². The summed E-state index contributed by atoms with van der Waals surface area (Å²) in [4.78, 5) is 0.788. The third kappa shape index (κ3) is 2.85. The minimum absolute atomic E-state index is 0.134. The summed E-state index contributed by atoms with van der Waals surface area (Å²) >= 11 is 1.39. The Kier molecular flexibility index (Phi) is 3.69. The van der Waals surface area contributed by atoms with Gasteiger partial charge >= 0.3 is 0 Å². The van der Waals surface area contributed by atoms with E-state index < -0.39 is 0 Å². The van der Waals surface area contributed by atoms with Crippen molar-refractivity contribution in [3.8, 4) is 28.4 Å². The number of rotatable bonds is 2. The van der Waals surface area contributed by atoms with Crippen LogP contribution in [0.25, 0.3) is 11.1 Å². The molecule has 0 amide bonds. The van der Waals surface area contributed by atoms with E-state index in [1.165, 1.54) is 36.2 Å². The third-order valence-corrected chi connectivity index (χ3v) is 5.15. The fourth-order valence-electron chi connectivity index (χ4n) is 2.84. The van der Waals surface area contributed by atoms with Gasteiger partial charge in [0.1, 0.15) is 11.6 Å². The Hall–Kier alpha value is -2.86. The maximum Gasteiger partial charge on any atom is 0.158 e. The Balaban J connectivity index is 1.80. The first-order valence-corrected chi connectivity index (χ1v) is 8.38. The summed E-state index contributed by atoms with van der Waals surface area (Å²) in [6, 6.07) is 14.3. The predicted molar refractivity (Wildman–Crippen MR) is 95.3 cm³/mol. The van der Waals surface area contributed by atoms with Crippen molar-refractivity contribution in [2.24, 2.45) is 0 Å². The number of fused-ring (bicyclic) bond motifs is 3. The van der Waals surface area contributed by atoms with Crippen molar-refractivity contribution >= 4 is 17.6 Å². The van der Waals surface area contributed by atoms with Crippen LogP contribution >= 0.6 is 11.9 Å². The van der Waals surface area contributed by atoms with Crippen molar-refractivity contribution in [3.05, 3.63) is 66.0 Å². The molecule has 126 valence electrons. The summed E-state index contributed by atoms with van der Waals surface area (Å²) in [5.41, 5.74) is 3.32. The van der Waals surface area contributed by atoms with E-state index in [0.717, 1.165) is 27.3 Å². The normalized spacial score (nSPS) is 12.6. The summed E-state index contributed by atoms with van der Waals surface area (Å²) < 4.78 is 15.1. The number of nitrogens with zero attached hydrogens (tertiary/aromatic N) is 1. The Morgan fingerprint density at radius 1 is 0.840 bits per heavy atom. The lowest BCUT2D eigenvalue weighted by Gasteiger charge is -2.31. The molecule has 0 aliphatic carbocycles. The van der Waals surface area contributed by atoms with Crippen molar-refractivity contribution in [2.45, 2.75) is 11.4 Å². The lowest BCUT2D eigenvalue weighted by Crippen LogP contribution is -2.17. The van der Waals surface area contributed by atoms with Crippen molar-refractivity contribution in [2.75, 3.05) is 4.31 Å². The third-order valence-electron chi connectivity index (χ3n) is 4.06. The summed E-state index contributed by atoms with van der Waals surface area (Å²) in [5, 5.41) is 29.5. The number of anilines is 1. The van der Waals surface area contributed by atoms with Gasteiger partial charge in [-0.2, -0.15) is 0 Å². The van der Waals surface area contributed by atoms with Gasteiger partial charge in [0.2, 0.25) is 0 Å². The van der Waals surface area contributed by atoms with E-state index in [4.69, 9.17) is 0 Å². The van der Waals surface area contributed by atoms with Crippen molar-refractivity contribution in [1.82, 2.24) is 0 Å². The van der Waals surface area contributed by atoms with Crippen molar-refractivity contribution in [1.29, 1.82) is 0 Å². The number of hydrogen-bond acceptors (Lipinski definition) is 5. The molecular formula is C19H14FNO3S. The standard InChI is InChI=1S/C19H14FNO3S/c20-12-3-1-11(2-4-12)10-21-16-7-13(22)5-6-14(16)15-8-17(23)18(24)9-19(15)25-21/h1-9,22-24H,10H2. The monoisotopic (exact) mass is 355 g/mol. The molecule has 0 radical (unpaired) electrons. The molecule has 0 bridgehead atoms. The lowest BCUT2D eigenvalue weighted by molar-refractivity contribution is 0.402. The molecule has 3 aromatic carbocycles. The number of benzene rings is 3. The van der Waals surface area contributed by atoms with Crippen LogP contribution in [0.15, 0.2) is 59.5 Å². The molecule has 1 aliphatic rings. The lowest BCUT2D eigenvalue weighted by atomic mass is 10.0. The maximum atomic E-state index is 13.1. The van der Waals surface area contributed by atoms with Crippen LogP contribution in [0.1, 0.15) is 5.56 Å². The van der Waals surface area contributed by atoms with Gasteiger partial charge < -0.3 is 19.6 Å². The zero-order valence-corrected chi connectivity index (χ0v) is 13.8. The first-order chi connectivity index (χ1) is 12.0. The van der Waals surface area contributed by atoms with Gasteiger partial charge in [0.05, 0.1) is 12.2 Å². The fourth-order valence-corrected chi connectivity index (χ4v) is 3.97. The highest BCUT2D eigenvalue weighted by atomic mass is 32.2. The van der Waals surface area contributed by atoms with Crippen molar-refractivity contribution in [3.63, 3.8) is 0 Å². The summed E-state index contributed by atoms with van der Waals surface area (Å²) in [6.45, 7) is 0.489. The number of halogens is 1. The number of aromatic hydroxyl groups is 3. The van der Waals surface area contributed by atoms with Crippen molar-refractivity contribution < 1.29 is 19.7 Å². The van der Waals surface area contributed by atoms with Crippen LogP contribution in [0.4, 0.5) is 10.1 Å². The SMILES string of the molecule is Oc1ccc2c(c1)N(Cc1ccc(F)cc1)Sc1cc(O)c(O)cc1-2. The Morgan fingerprint density at radius 3 is 2.32 bits per heavy atom. The van der Waals surface area contributed by atoms with E-state index in [2.05, 4.69) is 0 Å². The van der Waals surface area contributed by atoms with Crippen LogP contribution in [-0.2, 0) is 6.54 Å². The van der Waals surface area contributed by atoms with Gasteiger partial charge in [-0.05, 0) is 53.9 Å². The van der Waals surface area contributed by atoms with Gasteiger partial charge in [0.25, 0.3) is 0 Å². The zero-order chi connectivity index (χ0) is 17.6. The summed E-state index contributed by atoms with van der Waals surface area (Å²) in [7, 11) is 0. The molecule has 3 aromatic rings. The molecule has 0 atom stereocenters. The summed E-state index contributed by atoms with van der Waals surface area (Å²) in [5.74, 6) is -0.533. The van der Waals surface area contributed by atoms with Crippen LogP contribution in [0, 0.1) is 5.82 Å². The molecule has 0 aromatic heterocycles. The van der Waals surface area contributed by atoms with Gasteiger partial charge in [-0.25, -0.2) is 4.39 Å². The molecule has 4 rings (SSSR count). The molecule has 1 aliphatic heterocycles. The zero-order valence-electron chi connectivity index (χ0n) is 13.0. The van der Waals surface area contributed by atoms with Gasteiger partial charge in [-0.3, -0.25) is 0 Å². The number of hydrogen-bond donors (Lipinski definition) is 3. The number of phenolic OH excluding ortho intramolecular Hbond substituents is 3. The molecule has 6 heteroatoms. The average Bonchev–Trinajstić information content (AvgIpc) is 2.59. The second-order valence-electron chi connectivity index (χ2n) is 5.79. The van der Waals surface area contributed by atoms with Crippen LogP contribution in [-0.4, -0.2) is 15.3 Å². The largest absolute Gasteiger partial charge is 0.508 e. The molecule has 0 saturated carbocycles. The minimum Gasteiger partial charge on any atom is -0.508 e. The molecule has 0 spiro atoms.